The van der Waals surface area contributed by atoms with Crippen molar-refractivity contribution in [3.8, 4) is 0 Å². The number of ether oxygens (including phenoxy) is 1. The van der Waals surface area contributed by atoms with Gasteiger partial charge in [-0.3, -0.25) is 10.1 Å². The summed E-state index contributed by atoms with van der Waals surface area (Å²) in [5, 5.41) is 11.2. The molecule has 0 aliphatic heterocycles. The molecule has 0 unspecified atom stereocenters. The molecule has 0 aromatic carbocycles. The van der Waals surface area contributed by atoms with Gasteiger partial charge in [-0.25, -0.2) is 9.97 Å². The van der Waals surface area contributed by atoms with Gasteiger partial charge in [-0.2, -0.15) is 0 Å². The molecule has 21 heavy (non-hydrogen) atoms. The third-order valence-corrected chi connectivity index (χ3v) is 4.99. The van der Waals surface area contributed by atoms with Crippen LogP contribution in [0.15, 0.2) is 12.5 Å². The van der Waals surface area contributed by atoms with Gasteiger partial charge in [0.2, 0.25) is 0 Å². The van der Waals surface area contributed by atoms with E-state index in [0.29, 0.717) is 12.1 Å². The van der Waals surface area contributed by atoms with Crippen molar-refractivity contribution in [2.45, 2.75) is 32.4 Å². The fourth-order valence-corrected chi connectivity index (χ4v) is 2.85. The summed E-state index contributed by atoms with van der Waals surface area (Å²) in [6.45, 7) is 7.60. The van der Waals surface area contributed by atoms with Crippen molar-refractivity contribution in [3.05, 3.63) is 27.8 Å². The van der Waals surface area contributed by atoms with Crippen LogP contribution in [0.3, 0.4) is 0 Å². The molecule has 114 valence electrons. The Bertz CT molecular complexity index is 668. The Morgan fingerprint density at radius 2 is 2.14 bits per heavy atom. The lowest BCUT2D eigenvalue weighted by Gasteiger charge is -2.15. The van der Waals surface area contributed by atoms with Crippen LogP contribution in [0.4, 0.5) is 5.69 Å². The van der Waals surface area contributed by atoms with Gasteiger partial charge >= 0.3 is 5.69 Å². The fraction of sp³-hybridized carbons (Fsp3) is 0.500. The molecular weight excluding hydrogens is 312 g/mol. The molecule has 0 spiro atoms. The minimum Gasteiger partial charge on any atom is -0.361 e. The maximum atomic E-state index is 11.1. The highest BCUT2D eigenvalue weighted by Gasteiger charge is 2.21. The quantitative estimate of drug-likeness (QED) is 0.267. The van der Waals surface area contributed by atoms with Crippen molar-refractivity contribution in [3.63, 3.8) is 0 Å². The highest BCUT2D eigenvalue weighted by atomic mass is 35.5. The Hall–Kier alpha value is -1.51. The second kappa shape index (κ2) is 6.08. The maximum Gasteiger partial charge on any atom is 0.313 e. The lowest BCUT2D eigenvalue weighted by molar-refractivity contribution is -0.383. The van der Waals surface area contributed by atoms with Crippen molar-refractivity contribution < 1.29 is 9.66 Å². The average Bonchev–Trinajstić information content (AvgIpc) is 2.74. The number of halogens is 1. The van der Waals surface area contributed by atoms with Crippen LogP contribution in [-0.2, 0) is 11.5 Å². The van der Waals surface area contributed by atoms with Crippen LogP contribution in [0.2, 0.25) is 30.8 Å². The summed E-state index contributed by atoms with van der Waals surface area (Å²) in [4.78, 5) is 18.4. The molecule has 0 aliphatic rings. The van der Waals surface area contributed by atoms with E-state index in [-0.39, 0.29) is 23.1 Å². The normalized spacial score (nSPS) is 12.0. The first kappa shape index (κ1) is 15.9. The molecule has 0 bridgehead atoms. The predicted octanol–water partition coefficient (Wildman–Crippen LogP) is 3.31. The van der Waals surface area contributed by atoms with Crippen LogP contribution in [0, 0.1) is 10.1 Å². The van der Waals surface area contributed by atoms with Gasteiger partial charge in [0.15, 0.2) is 10.7 Å². The molecule has 0 saturated carbocycles. The lowest BCUT2D eigenvalue weighted by Crippen LogP contribution is -2.22. The number of rotatable bonds is 6. The third-order valence-electron chi connectivity index (χ3n) is 3.01. The Morgan fingerprint density at radius 3 is 2.76 bits per heavy atom. The zero-order chi connectivity index (χ0) is 15.6. The van der Waals surface area contributed by atoms with E-state index in [2.05, 4.69) is 29.6 Å². The largest absolute Gasteiger partial charge is 0.361 e. The smallest absolute Gasteiger partial charge is 0.313 e. The first-order chi connectivity index (χ1) is 9.79. The van der Waals surface area contributed by atoms with Gasteiger partial charge in [-0.05, 0) is 6.04 Å². The summed E-state index contributed by atoms with van der Waals surface area (Å²) < 4.78 is 7.20. The monoisotopic (exact) mass is 328 g/mol. The molecular formula is C12H17ClN4O3Si. The van der Waals surface area contributed by atoms with Crippen LogP contribution >= 0.6 is 11.6 Å². The zero-order valence-corrected chi connectivity index (χ0v) is 13.9. The summed E-state index contributed by atoms with van der Waals surface area (Å²) >= 11 is 6.02. The minimum absolute atomic E-state index is 0.0944. The van der Waals surface area contributed by atoms with E-state index < -0.39 is 13.0 Å². The second-order valence-electron chi connectivity index (χ2n) is 5.95. The third kappa shape index (κ3) is 3.77. The predicted molar refractivity (Wildman–Crippen MR) is 83.3 cm³/mol. The second-order valence-corrected chi connectivity index (χ2v) is 11.9. The van der Waals surface area contributed by atoms with Crippen molar-refractivity contribution in [2.75, 3.05) is 6.61 Å². The summed E-state index contributed by atoms with van der Waals surface area (Å²) in [6, 6.07) is 1.03. The van der Waals surface area contributed by atoms with Crippen molar-refractivity contribution >= 4 is 36.4 Å². The molecule has 0 atom stereocenters. The minimum atomic E-state index is -1.17. The number of hydrogen-bond donors (Lipinski definition) is 0. The molecule has 0 saturated heterocycles. The van der Waals surface area contributed by atoms with Gasteiger partial charge in [0.1, 0.15) is 18.6 Å². The van der Waals surface area contributed by atoms with Crippen molar-refractivity contribution in [1.82, 2.24) is 14.5 Å². The van der Waals surface area contributed by atoms with Gasteiger partial charge in [0.25, 0.3) is 0 Å². The fourth-order valence-electron chi connectivity index (χ4n) is 1.85. The maximum absolute atomic E-state index is 11.1. The summed E-state index contributed by atoms with van der Waals surface area (Å²) in [7, 11) is -1.17. The van der Waals surface area contributed by atoms with E-state index in [4.69, 9.17) is 16.3 Å². The lowest BCUT2D eigenvalue weighted by atomic mass is 10.4. The Morgan fingerprint density at radius 1 is 1.43 bits per heavy atom. The SMILES string of the molecule is C[Si](C)(C)CCOCn1cc([N+](=O)[O-])c2ncnc(Cl)c21. The Kier molecular flexibility index (Phi) is 4.60. The van der Waals surface area contributed by atoms with E-state index in [0.717, 1.165) is 6.04 Å². The first-order valence-electron chi connectivity index (χ1n) is 6.51. The van der Waals surface area contributed by atoms with E-state index in [9.17, 15) is 10.1 Å². The number of hydrogen-bond acceptors (Lipinski definition) is 5. The van der Waals surface area contributed by atoms with E-state index in [1.807, 2.05) is 0 Å². The zero-order valence-electron chi connectivity index (χ0n) is 12.2. The van der Waals surface area contributed by atoms with Gasteiger partial charge in [-0.15, -0.1) is 0 Å². The number of fused-ring (bicyclic) bond motifs is 1. The number of aromatic nitrogens is 3. The van der Waals surface area contributed by atoms with Crippen molar-refractivity contribution in [1.29, 1.82) is 0 Å². The Labute approximate surface area is 128 Å². The van der Waals surface area contributed by atoms with Crippen LogP contribution in [0.25, 0.3) is 11.0 Å². The molecule has 0 fully saturated rings. The summed E-state index contributed by atoms with van der Waals surface area (Å²) in [6.07, 6.45) is 2.60. The van der Waals surface area contributed by atoms with Gasteiger partial charge in [0.05, 0.1) is 11.1 Å². The van der Waals surface area contributed by atoms with Crippen molar-refractivity contribution in [2.24, 2.45) is 0 Å². The Balaban J connectivity index is 2.22. The standard InChI is InChI=1S/C12H17ClN4O3Si/c1-21(2,3)5-4-20-8-16-6-9(17(18)19)10-11(16)12(13)15-7-14-10/h6-7H,4-5,8H2,1-3H3. The highest BCUT2D eigenvalue weighted by molar-refractivity contribution is 6.76. The van der Waals surface area contributed by atoms with E-state index in [1.54, 1.807) is 4.57 Å². The van der Waals surface area contributed by atoms with Crippen LogP contribution in [-0.4, -0.2) is 34.1 Å². The van der Waals surface area contributed by atoms with Crippen LogP contribution in [0.5, 0.6) is 0 Å². The van der Waals surface area contributed by atoms with Gasteiger partial charge < -0.3 is 9.30 Å². The van der Waals surface area contributed by atoms with E-state index in [1.165, 1.54) is 12.5 Å². The molecule has 0 aliphatic carbocycles. The summed E-state index contributed by atoms with van der Waals surface area (Å²) in [5.41, 5.74) is 0.566. The highest BCUT2D eigenvalue weighted by Crippen LogP contribution is 2.29. The molecule has 0 amide bonds. The average molecular weight is 329 g/mol. The topological polar surface area (TPSA) is 83.1 Å². The molecule has 0 N–H and O–H groups in total. The van der Waals surface area contributed by atoms with Crippen LogP contribution in [0.1, 0.15) is 0 Å². The van der Waals surface area contributed by atoms with E-state index >= 15 is 0 Å². The van der Waals surface area contributed by atoms with Gasteiger partial charge in [-0.1, -0.05) is 31.2 Å². The molecule has 9 heteroatoms. The van der Waals surface area contributed by atoms with Gasteiger partial charge in [0, 0.05) is 14.7 Å². The molecule has 2 rings (SSSR count). The molecule has 2 aromatic rings. The molecule has 7 nitrogen and oxygen atoms in total. The number of nitrogens with zero attached hydrogens (tertiary/aromatic N) is 4. The molecule has 2 heterocycles. The molecule has 0 radical (unpaired) electrons. The number of nitro groups is 1. The van der Waals surface area contributed by atoms with Crippen LogP contribution < -0.4 is 0 Å². The molecule has 2 aromatic heterocycles. The first-order valence-corrected chi connectivity index (χ1v) is 10.6. The summed E-state index contributed by atoms with van der Waals surface area (Å²) in [5.74, 6) is 0.